The largest absolute Gasteiger partial charge is 0.492 e. The highest BCUT2D eigenvalue weighted by Crippen LogP contribution is 2.60. The third kappa shape index (κ3) is 7.23. The molecule has 1 N–H and O–H groups in total. The lowest BCUT2D eigenvalue weighted by Crippen LogP contribution is -2.51. The third-order valence-electron chi connectivity index (χ3n) is 11.0. The number of anilines is 1. The first-order valence-electron chi connectivity index (χ1n) is 17.5. The average Bonchev–Trinajstić information content (AvgIpc) is 3.06. The lowest BCUT2D eigenvalue weighted by Gasteiger charge is -2.56. The van der Waals surface area contributed by atoms with Crippen molar-refractivity contribution in [2.24, 2.45) is 23.2 Å². The van der Waals surface area contributed by atoms with E-state index in [-0.39, 0.29) is 17.1 Å². The molecule has 3 aromatic rings. The minimum absolute atomic E-state index is 0.0582. The van der Waals surface area contributed by atoms with Crippen LogP contribution in [0.5, 0.6) is 5.75 Å². The van der Waals surface area contributed by atoms with Gasteiger partial charge in [0.25, 0.3) is 5.91 Å². The zero-order chi connectivity index (χ0) is 33.3. The van der Waals surface area contributed by atoms with Crippen LogP contribution in [0.4, 0.5) is 5.69 Å². The van der Waals surface area contributed by atoms with Crippen LogP contribution in [0, 0.1) is 23.2 Å². The molecule has 9 nitrogen and oxygen atoms in total. The van der Waals surface area contributed by atoms with E-state index in [0.29, 0.717) is 68.9 Å². The normalized spacial score (nSPS) is 24.8. The van der Waals surface area contributed by atoms with Gasteiger partial charge in [-0.05, 0) is 116 Å². The number of nitrogens with one attached hydrogen (secondary N) is 1. The first-order valence-corrected chi connectivity index (χ1v) is 19.2. The molecule has 0 spiro atoms. The summed E-state index contributed by atoms with van der Waals surface area (Å²) in [5, 5.41) is 0. The maximum absolute atomic E-state index is 13.2. The van der Waals surface area contributed by atoms with Crippen molar-refractivity contribution in [3.8, 4) is 16.9 Å². The van der Waals surface area contributed by atoms with Crippen LogP contribution in [-0.2, 0) is 21.2 Å². The summed E-state index contributed by atoms with van der Waals surface area (Å²) in [6.07, 6.45) is 11.3. The summed E-state index contributed by atoms with van der Waals surface area (Å²) in [5.74, 6) is 2.32. The number of carbonyl (C=O) groups excluding carboxylic acids is 2. The Morgan fingerprint density at radius 2 is 1.58 bits per heavy atom. The first kappa shape index (κ1) is 32.6. The third-order valence-corrected chi connectivity index (χ3v) is 12.5. The van der Waals surface area contributed by atoms with Gasteiger partial charge in [0.15, 0.2) is 0 Å². The Labute approximate surface area is 284 Å². The quantitative estimate of drug-likeness (QED) is 0.279. The number of sulfonamides is 1. The molecule has 2 amide bonds. The zero-order valence-electron chi connectivity index (χ0n) is 27.8. The summed E-state index contributed by atoms with van der Waals surface area (Å²) in [6.45, 7) is 5.12. The van der Waals surface area contributed by atoms with Gasteiger partial charge in [-0.25, -0.2) is 13.1 Å². The second-order valence-corrected chi connectivity index (χ2v) is 16.2. The SMILES string of the molecule is CCOc1cncc(-c2ccccc2CCC(=O)N2CCN(c3ccc(C(=O)NS(=O)(=O)CC45CC6CC(CC(C6)C4)C5)cc3)CC2)c1. The van der Waals surface area contributed by atoms with Crippen molar-refractivity contribution >= 4 is 27.5 Å². The molecular formula is C38H46N4O5S. The molecule has 2 aromatic carbocycles. The highest BCUT2D eigenvalue weighted by molar-refractivity contribution is 7.90. The molecule has 0 radical (unpaired) electrons. The number of aromatic nitrogens is 1. The lowest BCUT2D eigenvalue weighted by atomic mass is 9.50. The van der Waals surface area contributed by atoms with Crippen LogP contribution in [0.25, 0.3) is 11.1 Å². The van der Waals surface area contributed by atoms with Gasteiger partial charge < -0.3 is 14.5 Å². The minimum atomic E-state index is -3.74. The van der Waals surface area contributed by atoms with Crippen LogP contribution in [0.2, 0.25) is 0 Å². The smallest absolute Gasteiger partial charge is 0.264 e. The second kappa shape index (κ2) is 13.5. The number of pyridine rings is 1. The van der Waals surface area contributed by atoms with Crippen LogP contribution < -0.4 is 14.4 Å². The number of aryl methyl sites for hydroxylation is 1. The number of hydrogen-bond acceptors (Lipinski definition) is 7. The Kier molecular flexibility index (Phi) is 9.20. The van der Waals surface area contributed by atoms with Crippen molar-refractivity contribution in [3.63, 3.8) is 0 Å². The standard InChI is InChI=1S/C38H46N4O5S/c1-2-47-34-20-32(24-39-25-34)35-6-4-3-5-30(35)9-12-36(43)42-15-13-41(14-16-42)33-10-7-31(8-11-33)37(44)40-48(45,46)26-38-21-27-17-28(22-38)19-29(18-27)23-38/h3-8,10-11,20,24-25,27-29H,2,9,12-19,21-23,26H2,1H3,(H,40,44). The molecule has 1 aliphatic heterocycles. The van der Waals surface area contributed by atoms with Crippen LogP contribution in [0.3, 0.4) is 0 Å². The predicted molar refractivity (Wildman–Crippen MR) is 186 cm³/mol. The Morgan fingerprint density at radius 1 is 0.917 bits per heavy atom. The molecule has 2 heterocycles. The van der Waals surface area contributed by atoms with Crippen molar-refractivity contribution < 1.29 is 22.7 Å². The molecule has 1 aromatic heterocycles. The molecule has 8 rings (SSSR count). The fourth-order valence-corrected chi connectivity index (χ4v) is 11.0. The van der Waals surface area contributed by atoms with Gasteiger partial charge in [-0.3, -0.25) is 14.6 Å². The van der Waals surface area contributed by atoms with Crippen LogP contribution >= 0.6 is 0 Å². The van der Waals surface area contributed by atoms with E-state index in [1.807, 2.05) is 48.4 Å². The van der Waals surface area contributed by atoms with E-state index in [1.165, 1.54) is 19.3 Å². The Morgan fingerprint density at radius 3 is 2.25 bits per heavy atom. The molecule has 0 atom stereocenters. The van der Waals surface area contributed by atoms with E-state index in [9.17, 15) is 18.0 Å². The molecule has 5 fully saturated rings. The molecule has 0 unspecified atom stereocenters. The number of benzene rings is 2. The fraction of sp³-hybridized carbons (Fsp3) is 0.500. The zero-order valence-corrected chi connectivity index (χ0v) is 28.6. The number of amides is 2. The van der Waals surface area contributed by atoms with Crippen molar-refractivity contribution in [2.75, 3.05) is 43.4 Å². The first-order chi connectivity index (χ1) is 23.2. The van der Waals surface area contributed by atoms with Crippen LogP contribution in [-0.4, -0.2) is 68.7 Å². The van der Waals surface area contributed by atoms with Gasteiger partial charge in [0, 0.05) is 55.6 Å². The number of piperazine rings is 1. The number of ether oxygens (including phenoxy) is 1. The van der Waals surface area contributed by atoms with Gasteiger partial charge in [-0.1, -0.05) is 24.3 Å². The maximum Gasteiger partial charge on any atom is 0.264 e. The van der Waals surface area contributed by atoms with E-state index in [0.717, 1.165) is 47.4 Å². The van der Waals surface area contributed by atoms with Crippen LogP contribution in [0.15, 0.2) is 67.0 Å². The molecular weight excluding hydrogens is 625 g/mol. The van der Waals surface area contributed by atoms with E-state index in [4.69, 9.17) is 4.74 Å². The summed E-state index contributed by atoms with van der Waals surface area (Å²) in [7, 11) is -3.74. The molecule has 48 heavy (non-hydrogen) atoms. The molecule has 1 saturated heterocycles. The van der Waals surface area contributed by atoms with Gasteiger partial charge in [-0.15, -0.1) is 0 Å². The van der Waals surface area contributed by atoms with E-state index < -0.39 is 15.9 Å². The summed E-state index contributed by atoms with van der Waals surface area (Å²) in [4.78, 5) is 34.7. The van der Waals surface area contributed by atoms with E-state index >= 15 is 0 Å². The maximum atomic E-state index is 13.2. The number of hydrogen-bond donors (Lipinski definition) is 1. The van der Waals surface area contributed by atoms with Gasteiger partial charge in [0.1, 0.15) is 5.75 Å². The summed E-state index contributed by atoms with van der Waals surface area (Å²) >= 11 is 0. The van der Waals surface area contributed by atoms with Gasteiger partial charge >= 0.3 is 0 Å². The lowest BCUT2D eigenvalue weighted by molar-refractivity contribution is -0.131. The van der Waals surface area contributed by atoms with Crippen molar-refractivity contribution in [1.82, 2.24) is 14.6 Å². The summed E-state index contributed by atoms with van der Waals surface area (Å²) < 4.78 is 34.3. The van der Waals surface area contributed by atoms with Crippen molar-refractivity contribution in [1.29, 1.82) is 0 Å². The van der Waals surface area contributed by atoms with Crippen molar-refractivity contribution in [3.05, 3.63) is 78.1 Å². The van der Waals surface area contributed by atoms with Crippen LogP contribution in [0.1, 0.15) is 67.8 Å². The second-order valence-electron chi connectivity index (χ2n) is 14.5. The molecule has 4 aliphatic carbocycles. The molecule has 5 aliphatic rings. The average molecular weight is 671 g/mol. The van der Waals surface area contributed by atoms with E-state index in [2.05, 4.69) is 26.7 Å². The molecule has 254 valence electrons. The topological polar surface area (TPSA) is 109 Å². The van der Waals surface area contributed by atoms with Gasteiger partial charge in [0.2, 0.25) is 15.9 Å². The van der Waals surface area contributed by atoms with Gasteiger partial charge in [-0.2, -0.15) is 0 Å². The highest BCUT2D eigenvalue weighted by Gasteiger charge is 2.52. The number of nitrogens with zero attached hydrogens (tertiary/aromatic N) is 3. The Balaban J connectivity index is 0.897. The molecule has 10 heteroatoms. The van der Waals surface area contributed by atoms with E-state index in [1.54, 1.807) is 18.3 Å². The molecule has 4 saturated carbocycles. The monoisotopic (exact) mass is 670 g/mol. The summed E-state index contributed by atoms with van der Waals surface area (Å²) in [6, 6.07) is 17.2. The van der Waals surface area contributed by atoms with Crippen molar-refractivity contribution in [2.45, 2.75) is 58.3 Å². The summed E-state index contributed by atoms with van der Waals surface area (Å²) in [5.41, 5.74) is 4.26. The Bertz CT molecular complexity index is 1720. The van der Waals surface area contributed by atoms with Gasteiger partial charge in [0.05, 0.1) is 18.6 Å². The number of rotatable bonds is 11. The Hall–Kier alpha value is -3.92. The highest BCUT2D eigenvalue weighted by atomic mass is 32.2. The fourth-order valence-electron chi connectivity index (χ4n) is 9.38. The minimum Gasteiger partial charge on any atom is -0.492 e. The predicted octanol–water partition coefficient (Wildman–Crippen LogP) is 5.70. The molecule has 4 bridgehead atoms. The number of carbonyl (C=O) groups is 2.